The molecule has 1 saturated heterocycles. The lowest BCUT2D eigenvalue weighted by molar-refractivity contribution is -0.128. The van der Waals surface area contributed by atoms with Gasteiger partial charge in [0.15, 0.2) is 6.10 Å². The normalized spacial score (nSPS) is 20.8. The van der Waals surface area contributed by atoms with E-state index in [0.29, 0.717) is 0 Å². The molecule has 2 rings (SSSR count). The molecule has 1 aliphatic heterocycles. The molecule has 1 amide bonds. The summed E-state index contributed by atoms with van der Waals surface area (Å²) in [6.07, 6.45) is 3.74. The fourth-order valence-corrected chi connectivity index (χ4v) is 2.92. The fourth-order valence-electron chi connectivity index (χ4n) is 2.51. The maximum Gasteiger partial charge on any atom is 0.261 e. The van der Waals surface area contributed by atoms with Crippen LogP contribution in [0, 0.1) is 0 Å². The first kappa shape index (κ1) is 16.2. The van der Waals surface area contributed by atoms with Gasteiger partial charge in [0.1, 0.15) is 5.75 Å². The third kappa shape index (κ3) is 4.93. The summed E-state index contributed by atoms with van der Waals surface area (Å²) in [5.74, 6) is 0.695. The molecule has 4 nitrogen and oxygen atoms in total. The van der Waals surface area contributed by atoms with E-state index >= 15 is 0 Å². The highest BCUT2D eigenvalue weighted by Gasteiger charge is 2.22. The summed E-state index contributed by atoms with van der Waals surface area (Å²) in [6.45, 7) is 3.82. The smallest absolute Gasteiger partial charge is 0.261 e. The number of hydrogen-bond donors (Lipinski definition) is 1. The van der Waals surface area contributed by atoms with Crippen LogP contribution in [0.3, 0.4) is 0 Å². The molecule has 1 aromatic carbocycles. The van der Waals surface area contributed by atoms with Crippen LogP contribution in [0.15, 0.2) is 29.2 Å². The molecule has 1 fully saturated rings. The number of rotatable bonds is 5. The second-order valence-corrected chi connectivity index (χ2v) is 6.43. The van der Waals surface area contributed by atoms with Crippen molar-refractivity contribution in [2.75, 3.05) is 26.4 Å². The van der Waals surface area contributed by atoms with Gasteiger partial charge in [-0.15, -0.1) is 11.8 Å². The van der Waals surface area contributed by atoms with Gasteiger partial charge < -0.3 is 15.0 Å². The number of benzene rings is 1. The van der Waals surface area contributed by atoms with Crippen LogP contribution in [0.2, 0.25) is 0 Å². The van der Waals surface area contributed by atoms with Crippen molar-refractivity contribution in [1.82, 2.24) is 10.2 Å². The lowest BCUT2D eigenvalue weighted by Gasteiger charge is -2.30. The molecule has 0 aliphatic carbocycles. The summed E-state index contributed by atoms with van der Waals surface area (Å²) in [5, 5.41) is 3.08. The van der Waals surface area contributed by atoms with Crippen LogP contribution in [0.5, 0.6) is 5.75 Å². The van der Waals surface area contributed by atoms with Gasteiger partial charge in [-0.2, -0.15) is 0 Å². The molecule has 1 heterocycles. The van der Waals surface area contributed by atoms with Crippen LogP contribution in [0.1, 0.15) is 19.8 Å². The monoisotopic (exact) mass is 308 g/mol. The zero-order valence-electron chi connectivity index (χ0n) is 13.0. The number of nitrogens with zero attached hydrogens (tertiary/aromatic N) is 1. The van der Waals surface area contributed by atoms with Gasteiger partial charge in [0, 0.05) is 17.5 Å². The molecule has 1 aliphatic rings. The SMILES string of the molecule is CSc1ccc(O[C@@H](C)C(=O)N[C@@H]2CCCN(C)C2)cc1. The van der Waals surface area contributed by atoms with Gasteiger partial charge >= 0.3 is 0 Å². The molecule has 1 aromatic rings. The number of amides is 1. The van der Waals surface area contributed by atoms with Gasteiger partial charge in [-0.25, -0.2) is 0 Å². The summed E-state index contributed by atoms with van der Waals surface area (Å²) in [7, 11) is 2.09. The Morgan fingerprint density at radius 1 is 1.43 bits per heavy atom. The van der Waals surface area contributed by atoms with E-state index in [9.17, 15) is 4.79 Å². The number of piperidine rings is 1. The van der Waals surface area contributed by atoms with Gasteiger partial charge in [0.2, 0.25) is 0 Å². The Kier molecular flexibility index (Phi) is 5.94. The summed E-state index contributed by atoms with van der Waals surface area (Å²) >= 11 is 1.69. The zero-order chi connectivity index (χ0) is 15.2. The highest BCUT2D eigenvalue weighted by atomic mass is 32.2. The number of likely N-dealkylation sites (N-methyl/N-ethyl adjacent to an activating group) is 1. The van der Waals surface area contributed by atoms with Crippen molar-refractivity contribution in [1.29, 1.82) is 0 Å². The molecule has 116 valence electrons. The van der Waals surface area contributed by atoms with E-state index in [-0.39, 0.29) is 11.9 Å². The van der Waals surface area contributed by atoms with Crippen molar-refractivity contribution in [3.63, 3.8) is 0 Å². The summed E-state index contributed by atoms with van der Waals surface area (Å²) in [6, 6.07) is 8.05. The van der Waals surface area contributed by atoms with Gasteiger partial charge in [-0.3, -0.25) is 4.79 Å². The van der Waals surface area contributed by atoms with Crippen molar-refractivity contribution in [2.45, 2.75) is 36.8 Å². The van der Waals surface area contributed by atoms with Crippen LogP contribution in [-0.2, 0) is 4.79 Å². The Bertz CT molecular complexity index is 464. The van der Waals surface area contributed by atoms with E-state index in [2.05, 4.69) is 17.3 Å². The number of carbonyl (C=O) groups is 1. The van der Waals surface area contributed by atoms with Crippen molar-refractivity contribution in [3.8, 4) is 5.75 Å². The number of hydrogen-bond acceptors (Lipinski definition) is 4. The molecule has 0 unspecified atom stereocenters. The van der Waals surface area contributed by atoms with Crippen molar-refractivity contribution in [3.05, 3.63) is 24.3 Å². The van der Waals surface area contributed by atoms with Crippen molar-refractivity contribution < 1.29 is 9.53 Å². The van der Waals surface area contributed by atoms with Gasteiger partial charge in [-0.1, -0.05) is 0 Å². The van der Waals surface area contributed by atoms with Crippen LogP contribution in [0.25, 0.3) is 0 Å². The van der Waals surface area contributed by atoms with Crippen LogP contribution in [-0.4, -0.2) is 49.3 Å². The molecule has 21 heavy (non-hydrogen) atoms. The third-order valence-electron chi connectivity index (χ3n) is 3.71. The van der Waals surface area contributed by atoms with Gasteiger partial charge in [0.05, 0.1) is 0 Å². The minimum absolute atomic E-state index is 0.0377. The van der Waals surface area contributed by atoms with Crippen molar-refractivity contribution in [2.24, 2.45) is 0 Å². The largest absolute Gasteiger partial charge is 0.481 e. The molecule has 2 atom stereocenters. The molecule has 0 bridgehead atoms. The summed E-state index contributed by atoms with van der Waals surface area (Å²) in [4.78, 5) is 15.6. The summed E-state index contributed by atoms with van der Waals surface area (Å²) in [5.41, 5.74) is 0. The lowest BCUT2D eigenvalue weighted by Crippen LogP contribution is -2.49. The maximum absolute atomic E-state index is 12.2. The van der Waals surface area contributed by atoms with E-state index in [1.165, 1.54) is 4.90 Å². The standard InChI is InChI=1S/C16H24N2O2S/c1-12(20-14-6-8-15(21-3)9-7-14)16(19)17-13-5-4-10-18(2)11-13/h6-9,12-13H,4-5,10-11H2,1-3H3,(H,17,19)/t12-,13+/m0/s1. The Morgan fingerprint density at radius 3 is 2.76 bits per heavy atom. The Labute approximate surface area is 131 Å². The highest BCUT2D eigenvalue weighted by Crippen LogP contribution is 2.20. The van der Waals surface area contributed by atoms with E-state index in [0.717, 1.165) is 31.7 Å². The topological polar surface area (TPSA) is 41.6 Å². The van der Waals surface area contributed by atoms with E-state index < -0.39 is 6.10 Å². The van der Waals surface area contributed by atoms with Crippen LogP contribution >= 0.6 is 11.8 Å². The number of nitrogens with one attached hydrogen (secondary N) is 1. The number of ether oxygens (including phenoxy) is 1. The predicted molar refractivity (Wildman–Crippen MR) is 87.0 cm³/mol. The Hall–Kier alpha value is -1.20. The van der Waals surface area contributed by atoms with E-state index in [4.69, 9.17) is 4.74 Å². The first-order valence-corrected chi connectivity index (χ1v) is 8.60. The van der Waals surface area contributed by atoms with Crippen LogP contribution in [0.4, 0.5) is 0 Å². The third-order valence-corrected chi connectivity index (χ3v) is 4.46. The van der Waals surface area contributed by atoms with Crippen LogP contribution < -0.4 is 10.1 Å². The molecule has 0 aromatic heterocycles. The Morgan fingerprint density at radius 2 is 2.14 bits per heavy atom. The Balaban J connectivity index is 1.83. The highest BCUT2D eigenvalue weighted by molar-refractivity contribution is 7.98. The molecule has 1 N–H and O–H groups in total. The average molecular weight is 308 g/mol. The molecular weight excluding hydrogens is 284 g/mol. The van der Waals surface area contributed by atoms with Crippen molar-refractivity contribution >= 4 is 17.7 Å². The molecule has 0 saturated carbocycles. The first-order valence-electron chi connectivity index (χ1n) is 7.38. The van der Waals surface area contributed by atoms with Gasteiger partial charge in [0.25, 0.3) is 5.91 Å². The minimum Gasteiger partial charge on any atom is -0.481 e. The zero-order valence-corrected chi connectivity index (χ0v) is 13.8. The van der Waals surface area contributed by atoms with E-state index in [1.54, 1.807) is 18.7 Å². The number of thioether (sulfide) groups is 1. The predicted octanol–water partition coefficient (Wildman–Crippen LogP) is 2.39. The second-order valence-electron chi connectivity index (χ2n) is 5.55. The molecule has 0 radical (unpaired) electrons. The number of likely N-dealkylation sites (tertiary alicyclic amines) is 1. The average Bonchev–Trinajstić information content (AvgIpc) is 2.48. The first-order chi connectivity index (χ1) is 10.1. The second kappa shape index (κ2) is 7.71. The molecule has 5 heteroatoms. The summed E-state index contributed by atoms with van der Waals surface area (Å²) < 4.78 is 5.71. The number of carbonyl (C=O) groups excluding carboxylic acids is 1. The lowest BCUT2D eigenvalue weighted by atomic mass is 10.1. The maximum atomic E-state index is 12.2. The van der Waals surface area contributed by atoms with E-state index in [1.807, 2.05) is 30.5 Å². The fraction of sp³-hybridized carbons (Fsp3) is 0.562. The minimum atomic E-state index is -0.475. The van der Waals surface area contributed by atoms with Gasteiger partial charge in [-0.05, 0) is 63.9 Å². The molecule has 0 spiro atoms. The molecular formula is C16H24N2O2S. The quantitative estimate of drug-likeness (QED) is 0.848.